The number of hydrogen-bond acceptors (Lipinski definition) is 1. The minimum Gasteiger partial charge on any atom is -0.333 e. The molecule has 0 saturated heterocycles. The molecule has 0 unspecified atom stereocenters. The number of nitrogens with one attached hydrogen (secondary N) is 1. The Morgan fingerprint density at radius 3 is 2.00 bits per heavy atom. The number of carbonyl (C=O) groups excluding carboxylic acids is 1. The summed E-state index contributed by atoms with van der Waals surface area (Å²) in [5.41, 5.74) is 1.51. The summed E-state index contributed by atoms with van der Waals surface area (Å²) >= 11 is 0. The van der Waals surface area contributed by atoms with Gasteiger partial charge >= 0.3 is 17.1 Å². The molecule has 0 radical (unpaired) electrons. The molecule has 0 aliphatic carbocycles. The van der Waals surface area contributed by atoms with Gasteiger partial charge in [0.2, 0.25) is 0 Å². The van der Waals surface area contributed by atoms with E-state index >= 15 is 0 Å². The SMILES string of the molecule is O=C(Nc1ccccc1)[c-]1cccc1.[Fe+2].c1cc[cH-]c1. The van der Waals surface area contributed by atoms with Gasteiger partial charge in [0.05, 0.1) is 0 Å². The number of amides is 1. The van der Waals surface area contributed by atoms with Crippen molar-refractivity contribution < 1.29 is 21.9 Å². The first-order valence-electron chi connectivity index (χ1n) is 6.11. The van der Waals surface area contributed by atoms with Crippen LogP contribution in [0.3, 0.4) is 0 Å². The van der Waals surface area contributed by atoms with Gasteiger partial charge in [0, 0.05) is 5.69 Å². The van der Waals surface area contributed by atoms with Gasteiger partial charge in [-0.2, -0.15) is 30.3 Å². The summed E-state index contributed by atoms with van der Waals surface area (Å²) in [6.07, 6.45) is 0. The van der Waals surface area contributed by atoms with Crippen molar-refractivity contribution in [1.82, 2.24) is 0 Å². The summed E-state index contributed by atoms with van der Waals surface area (Å²) in [4.78, 5) is 11.6. The van der Waals surface area contributed by atoms with Crippen LogP contribution in [-0.2, 0) is 17.1 Å². The maximum Gasteiger partial charge on any atom is 2.00 e. The van der Waals surface area contributed by atoms with Crippen LogP contribution in [0.5, 0.6) is 0 Å². The Hall–Kier alpha value is -2.09. The number of anilines is 1. The second-order valence-electron chi connectivity index (χ2n) is 3.96. The largest absolute Gasteiger partial charge is 2.00 e. The van der Waals surface area contributed by atoms with Gasteiger partial charge in [-0.1, -0.05) is 23.8 Å². The van der Waals surface area contributed by atoms with E-state index in [1.807, 2.05) is 72.8 Å². The van der Waals surface area contributed by atoms with Gasteiger partial charge in [-0.3, -0.25) is 4.79 Å². The summed E-state index contributed by atoms with van der Waals surface area (Å²) < 4.78 is 0. The predicted molar refractivity (Wildman–Crippen MR) is 78.5 cm³/mol. The average molecular weight is 305 g/mol. The molecule has 3 aromatic rings. The average Bonchev–Trinajstić information content (AvgIpc) is 3.16. The molecule has 2 nitrogen and oxygen atoms in total. The molecule has 0 aliphatic rings. The molecule has 3 aromatic carbocycles. The summed E-state index contributed by atoms with van der Waals surface area (Å²) in [7, 11) is 0. The van der Waals surface area contributed by atoms with E-state index in [0.717, 1.165) is 5.69 Å². The third-order valence-electron chi connectivity index (χ3n) is 2.51. The zero-order valence-corrected chi connectivity index (χ0v) is 11.9. The van der Waals surface area contributed by atoms with Crippen LogP contribution < -0.4 is 5.32 Å². The quantitative estimate of drug-likeness (QED) is 0.561. The first kappa shape index (κ1) is 16.0. The van der Waals surface area contributed by atoms with Crippen molar-refractivity contribution in [3.05, 3.63) is 90.5 Å². The van der Waals surface area contributed by atoms with E-state index in [0.29, 0.717) is 5.56 Å². The first-order valence-corrected chi connectivity index (χ1v) is 6.11. The van der Waals surface area contributed by atoms with Crippen molar-refractivity contribution in [2.75, 3.05) is 5.32 Å². The second kappa shape index (κ2) is 8.92. The van der Waals surface area contributed by atoms with Gasteiger partial charge in [0.25, 0.3) is 0 Å². The smallest absolute Gasteiger partial charge is 0.333 e. The summed E-state index contributed by atoms with van der Waals surface area (Å²) in [5.74, 6) is -0.0683. The van der Waals surface area contributed by atoms with Crippen LogP contribution in [0.2, 0.25) is 0 Å². The summed E-state index contributed by atoms with van der Waals surface area (Å²) in [6, 6.07) is 26.7. The van der Waals surface area contributed by atoms with Crippen LogP contribution >= 0.6 is 0 Å². The molecule has 20 heavy (non-hydrogen) atoms. The minimum atomic E-state index is -0.0683. The fraction of sp³-hybridized carbons (Fsp3) is 0. The van der Waals surface area contributed by atoms with E-state index in [-0.39, 0.29) is 23.0 Å². The molecule has 0 spiro atoms. The molecular formula is C17H15FeNO. The van der Waals surface area contributed by atoms with Gasteiger partial charge < -0.3 is 5.32 Å². The van der Waals surface area contributed by atoms with Gasteiger partial charge in [-0.15, -0.1) is 0 Å². The van der Waals surface area contributed by atoms with E-state index in [1.165, 1.54) is 0 Å². The Labute approximate surface area is 129 Å². The van der Waals surface area contributed by atoms with E-state index in [4.69, 9.17) is 0 Å². The Kier molecular flexibility index (Phi) is 7.12. The molecule has 0 bridgehead atoms. The van der Waals surface area contributed by atoms with Gasteiger partial charge in [-0.05, 0) is 12.1 Å². The number of hydrogen-bond donors (Lipinski definition) is 1. The first-order chi connectivity index (χ1) is 9.36. The Bertz CT molecular complexity index is 554. The fourth-order valence-corrected chi connectivity index (χ4v) is 1.57. The molecule has 0 aromatic heterocycles. The van der Waals surface area contributed by atoms with Crippen molar-refractivity contribution in [1.29, 1.82) is 0 Å². The van der Waals surface area contributed by atoms with Crippen LogP contribution in [0.25, 0.3) is 0 Å². The van der Waals surface area contributed by atoms with Crippen LogP contribution in [0.1, 0.15) is 10.4 Å². The molecule has 0 aliphatic heterocycles. The zero-order valence-electron chi connectivity index (χ0n) is 10.8. The Balaban J connectivity index is 0.000000283. The molecule has 102 valence electrons. The van der Waals surface area contributed by atoms with E-state index < -0.39 is 0 Å². The van der Waals surface area contributed by atoms with Crippen molar-refractivity contribution in [2.24, 2.45) is 0 Å². The Morgan fingerprint density at radius 1 is 0.900 bits per heavy atom. The van der Waals surface area contributed by atoms with Crippen LogP contribution in [-0.4, -0.2) is 5.91 Å². The normalized spacial score (nSPS) is 8.80. The zero-order chi connectivity index (χ0) is 13.3. The Morgan fingerprint density at radius 2 is 1.50 bits per heavy atom. The molecule has 0 fully saturated rings. The minimum absolute atomic E-state index is 0. The molecule has 1 amide bonds. The summed E-state index contributed by atoms with van der Waals surface area (Å²) in [6.45, 7) is 0. The number of carbonyl (C=O) groups is 1. The third kappa shape index (κ3) is 5.27. The van der Waals surface area contributed by atoms with Gasteiger partial charge in [-0.25, -0.2) is 24.3 Å². The predicted octanol–water partition coefficient (Wildman–Crippen LogP) is 4.06. The summed E-state index contributed by atoms with van der Waals surface area (Å²) in [5, 5.41) is 2.81. The van der Waals surface area contributed by atoms with Crippen molar-refractivity contribution in [3.8, 4) is 0 Å². The van der Waals surface area contributed by atoms with E-state index in [9.17, 15) is 4.79 Å². The van der Waals surface area contributed by atoms with E-state index in [1.54, 1.807) is 12.1 Å². The van der Waals surface area contributed by atoms with Crippen molar-refractivity contribution in [2.45, 2.75) is 0 Å². The molecule has 3 rings (SSSR count). The standard InChI is InChI=1S/C12H10NO.C5H5.Fe/c14-12(10-6-4-5-7-10)13-11-8-2-1-3-9-11;1-2-4-5-3-1;/h1-9H,(H,13,14);1-5H;/q2*-1;+2. The van der Waals surface area contributed by atoms with Crippen LogP contribution in [0, 0.1) is 0 Å². The second-order valence-corrected chi connectivity index (χ2v) is 3.96. The molecule has 1 N–H and O–H groups in total. The van der Waals surface area contributed by atoms with Crippen LogP contribution in [0.15, 0.2) is 84.9 Å². The molecule has 0 atom stereocenters. The van der Waals surface area contributed by atoms with Crippen molar-refractivity contribution >= 4 is 11.6 Å². The maximum absolute atomic E-state index is 11.6. The topological polar surface area (TPSA) is 29.1 Å². The van der Waals surface area contributed by atoms with Gasteiger partial charge in [0.15, 0.2) is 5.91 Å². The molecule has 3 heteroatoms. The maximum atomic E-state index is 11.6. The number of para-hydroxylation sites is 1. The number of benzene rings is 1. The molecular weight excluding hydrogens is 290 g/mol. The monoisotopic (exact) mass is 305 g/mol. The fourth-order valence-electron chi connectivity index (χ4n) is 1.57. The number of rotatable bonds is 2. The van der Waals surface area contributed by atoms with E-state index in [2.05, 4.69) is 5.32 Å². The third-order valence-corrected chi connectivity index (χ3v) is 2.51. The van der Waals surface area contributed by atoms with Crippen molar-refractivity contribution in [3.63, 3.8) is 0 Å². The van der Waals surface area contributed by atoms with Gasteiger partial charge in [0.1, 0.15) is 0 Å². The molecule has 0 saturated carbocycles. The van der Waals surface area contributed by atoms with Crippen LogP contribution in [0.4, 0.5) is 5.69 Å². The molecule has 0 heterocycles.